The average molecular weight is 259 g/mol. The molecule has 0 unspecified atom stereocenters. The molecule has 0 saturated carbocycles. The highest BCUT2D eigenvalue weighted by atomic mass is 35.5. The Hall–Kier alpha value is -1.46. The van der Waals surface area contributed by atoms with E-state index in [-0.39, 0.29) is 12.5 Å². The largest absolute Gasteiger partial charge is 0.495 e. The molecule has 0 aliphatic carbocycles. The van der Waals surface area contributed by atoms with Gasteiger partial charge in [-0.15, -0.1) is 0 Å². The van der Waals surface area contributed by atoms with E-state index < -0.39 is 0 Å². The van der Waals surface area contributed by atoms with Crippen molar-refractivity contribution in [2.24, 2.45) is 0 Å². The fourth-order valence-electron chi connectivity index (χ4n) is 1.18. The second-order valence-electron chi connectivity index (χ2n) is 3.16. The Morgan fingerprint density at radius 3 is 2.88 bits per heavy atom. The molecule has 1 rings (SSSR count). The van der Waals surface area contributed by atoms with Crippen molar-refractivity contribution in [1.82, 2.24) is 5.48 Å². The summed E-state index contributed by atoms with van der Waals surface area (Å²) in [6.07, 6.45) is 0. The van der Waals surface area contributed by atoms with Crippen LogP contribution in [-0.2, 0) is 9.63 Å². The summed E-state index contributed by atoms with van der Waals surface area (Å²) in [7, 11) is 1.55. The van der Waals surface area contributed by atoms with Gasteiger partial charge in [0.15, 0.2) is 0 Å². The summed E-state index contributed by atoms with van der Waals surface area (Å²) in [6, 6.07) is 5.13. The molecule has 0 fully saturated rings. The molecule has 0 heterocycles. The summed E-state index contributed by atoms with van der Waals surface area (Å²) < 4.78 is 5.13. The zero-order valence-electron chi connectivity index (χ0n) is 9.75. The summed E-state index contributed by atoms with van der Waals surface area (Å²) in [5.74, 6) is 0.354. The van der Waals surface area contributed by atoms with Gasteiger partial charge in [-0.1, -0.05) is 11.6 Å². The van der Waals surface area contributed by atoms with Crippen LogP contribution in [0.2, 0.25) is 5.02 Å². The van der Waals surface area contributed by atoms with E-state index in [0.717, 1.165) is 0 Å². The number of rotatable bonds is 6. The second-order valence-corrected chi connectivity index (χ2v) is 3.59. The van der Waals surface area contributed by atoms with Crippen LogP contribution in [0.15, 0.2) is 18.2 Å². The predicted octanol–water partition coefficient (Wildman–Crippen LogP) is 1.83. The van der Waals surface area contributed by atoms with E-state index in [1.165, 1.54) is 0 Å². The van der Waals surface area contributed by atoms with Gasteiger partial charge in [-0.2, -0.15) is 0 Å². The summed E-state index contributed by atoms with van der Waals surface area (Å²) in [5, 5.41) is 3.48. The first-order chi connectivity index (χ1) is 8.17. The quantitative estimate of drug-likeness (QED) is 0.765. The molecule has 0 spiro atoms. The molecule has 6 heteroatoms. The van der Waals surface area contributed by atoms with E-state index in [1.54, 1.807) is 32.2 Å². The van der Waals surface area contributed by atoms with Crippen LogP contribution in [0, 0.1) is 0 Å². The number of carbonyl (C=O) groups is 1. The van der Waals surface area contributed by atoms with E-state index in [9.17, 15) is 4.79 Å². The van der Waals surface area contributed by atoms with E-state index in [0.29, 0.717) is 23.1 Å². The second kappa shape index (κ2) is 6.98. The molecule has 0 bridgehead atoms. The molecule has 0 saturated heterocycles. The lowest BCUT2D eigenvalue weighted by atomic mass is 10.3. The smallest absolute Gasteiger partial charge is 0.262 e. The van der Waals surface area contributed by atoms with Gasteiger partial charge in [0.1, 0.15) is 5.75 Å². The van der Waals surface area contributed by atoms with E-state index in [4.69, 9.17) is 21.2 Å². The molecular weight excluding hydrogens is 244 g/mol. The minimum atomic E-state index is -0.270. The zero-order chi connectivity index (χ0) is 12.7. The molecule has 5 nitrogen and oxygen atoms in total. The fourth-order valence-corrected chi connectivity index (χ4v) is 1.35. The highest BCUT2D eigenvalue weighted by molar-refractivity contribution is 6.30. The number of benzene rings is 1. The Balaban J connectivity index is 2.56. The topological polar surface area (TPSA) is 59.6 Å². The van der Waals surface area contributed by atoms with Crippen LogP contribution in [0.25, 0.3) is 0 Å². The summed E-state index contributed by atoms with van der Waals surface area (Å²) in [4.78, 5) is 16.1. The lowest BCUT2D eigenvalue weighted by Crippen LogP contribution is -2.30. The summed E-state index contributed by atoms with van der Waals surface area (Å²) >= 11 is 5.85. The number of methoxy groups -OCH3 is 1. The van der Waals surface area contributed by atoms with Gasteiger partial charge in [-0.3, -0.25) is 9.63 Å². The van der Waals surface area contributed by atoms with Crippen LogP contribution >= 0.6 is 11.6 Å². The van der Waals surface area contributed by atoms with E-state index >= 15 is 0 Å². The number of amides is 1. The van der Waals surface area contributed by atoms with Crippen LogP contribution in [-0.4, -0.2) is 26.2 Å². The first-order valence-corrected chi connectivity index (χ1v) is 5.53. The minimum absolute atomic E-state index is 0.0801. The summed E-state index contributed by atoms with van der Waals surface area (Å²) in [5.41, 5.74) is 2.94. The normalized spacial score (nSPS) is 9.82. The van der Waals surface area contributed by atoms with Crippen LogP contribution in [0.4, 0.5) is 5.69 Å². The molecule has 17 heavy (non-hydrogen) atoms. The first-order valence-electron chi connectivity index (χ1n) is 5.15. The number of carbonyl (C=O) groups excluding carboxylic acids is 1. The third-order valence-corrected chi connectivity index (χ3v) is 2.17. The van der Waals surface area contributed by atoms with Crippen LogP contribution < -0.4 is 15.5 Å². The molecule has 0 aliphatic heterocycles. The third kappa shape index (κ3) is 4.50. The lowest BCUT2D eigenvalue weighted by Gasteiger charge is -2.11. The molecule has 0 atom stereocenters. The number of hydrogen-bond donors (Lipinski definition) is 2. The Morgan fingerprint density at radius 1 is 1.47 bits per heavy atom. The van der Waals surface area contributed by atoms with Gasteiger partial charge in [0.2, 0.25) is 0 Å². The molecule has 1 amide bonds. The Labute approximate surface area is 105 Å². The number of hydrogen-bond acceptors (Lipinski definition) is 4. The molecular formula is C11H15ClN2O3. The highest BCUT2D eigenvalue weighted by Gasteiger charge is 2.06. The van der Waals surface area contributed by atoms with Crippen molar-refractivity contribution in [2.75, 3.05) is 25.6 Å². The summed E-state index contributed by atoms with van der Waals surface area (Å²) in [6.45, 7) is 2.29. The average Bonchev–Trinajstić information content (AvgIpc) is 2.34. The molecule has 1 aromatic carbocycles. The Kier molecular flexibility index (Phi) is 5.59. The number of halogens is 1. The van der Waals surface area contributed by atoms with Crippen molar-refractivity contribution in [3.05, 3.63) is 23.2 Å². The van der Waals surface area contributed by atoms with Gasteiger partial charge in [0.25, 0.3) is 5.91 Å². The van der Waals surface area contributed by atoms with Crippen molar-refractivity contribution >= 4 is 23.2 Å². The van der Waals surface area contributed by atoms with Crippen LogP contribution in [0.1, 0.15) is 6.92 Å². The van der Waals surface area contributed by atoms with Gasteiger partial charge in [0.05, 0.1) is 25.9 Å². The van der Waals surface area contributed by atoms with E-state index in [1.807, 2.05) is 0 Å². The fraction of sp³-hybridized carbons (Fsp3) is 0.364. The SMILES string of the molecule is CCONC(=O)CNc1cc(Cl)ccc1OC. The van der Waals surface area contributed by atoms with Crippen molar-refractivity contribution in [1.29, 1.82) is 0 Å². The first kappa shape index (κ1) is 13.6. The highest BCUT2D eigenvalue weighted by Crippen LogP contribution is 2.27. The minimum Gasteiger partial charge on any atom is -0.495 e. The Morgan fingerprint density at radius 2 is 2.24 bits per heavy atom. The molecule has 1 aromatic rings. The van der Waals surface area contributed by atoms with E-state index in [2.05, 4.69) is 10.8 Å². The molecule has 2 N–H and O–H groups in total. The van der Waals surface area contributed by atoms with Crippen molar-refractivity contribution in [2.45, 2.75) is 6.92 Å². The van der Waals surface area contributed by atoms with Crippen LogP contribution in [0.5, 0.6) is 5.75 Å². The molecule has 0 aliphatic rings. The van der Waals surface area contributed by atoms with Gasteiger partial charge >= 0.3 is 0 Å². The van der Waals surface area contributed by atoms with Crippen molar-refractivity contribution in [3.8, 4) is 5.75 Å². The lowest BCUT2D eigenvalue weighted by molar-refractivity contribution is -0.131. The van der Waals surface area contributed by atoms with Gasteiger partial charge in [0, 0.05) is 5.02 Å². The van der Waals surface area contributed by atoms with Crippen molar-refractivity contribution < 1.29 is 14.4 Å². The van der Waals surface area contributed by atoms with Gasteiger partial charge < -0.3 is 10.1 Å². The number of nitrogens with one attached hydrogen (secondary N) is 2. The maximum absolute atomic E-state index is 11.3. The third-order valence-electron chi connectivity index (χ3n) is 1.93. The molecule has 0 radical (unpaired) electrons. The number of anilines is 1. The maximum atomic E-state index is 11.3. The Bertz CT molecular complexity index is 385. The number of hydroxylamine groups is 1. The molecule has 0 aromatic heterocycles. The van der Waals surface area contributed by atoms with Crippen molar-refractivity contribution in [3.63, 3.8) is 0 Å². The monoisotopic (exact) mass is 258 g/mol. The van der Waals surface area contributed by atoms with Gasteiger partial charge in [-0.05, 0) is 25.1 Å². The maximum Gasteiger partial charge on any atom is 0.262 e. The number of ether oxygens (including phenoxy) is 1. The van der Waals surface area contributed by atoms with Crippen LogP contribution in [0.3, 0.4) is 0 Å². The molecule has 94 valence electrons. The standard InChI is InChI=1S/C11H15ClN2O3/c1-3-17-14-11(15)7-13-9-6-8(12)4-5-10(9)16-2/h4-6,13H,3,7H2,1-2H3,(H,14,15). The zero-order valence-corrected chi connectivity index (χ0v) is 10.5. The van der Waals surface area contributed by atoms with Gasteiger partial charge in [-0.25, -0.2) is 5.48 Å². The predicted molar refractivity (Wildman–Crippen MR) is 66.3 cm³/mol.